The smallest absolute Gasteiger partial charge is 0.253 e. The van der Waals surface area contributed by atoms with Gasteiger partial charge in [0.2, 0.25) is 5.89 Å². The van der Waals surface area contributed by atoms with Crippen LogP contribution in [-0.4, -0.2) is 65.7 Å². The molecule has 2 aromatic carbocycles. The Labute approximate surface area is 249 Å². The Morgan fingerprint density at radius 2 is 1.79 bits per heavy atom. The van der Waals surface area contributed by atoms with Crippen LogP contribution in [0.15, 0.2) is 82.9 Å². The lowest BCUT2D eigenvalue weighted by Gasteiger charge is -2.45. The molecule has 0 radical (unpaired) electrons. The van der Waals surface area contributed by atoms with E-state index in [2.05, 4.69) is 33.2 Å². The van der Waals surface area contributed by atoms with Gasteiger partial charge in [0.05, 0.1) is 7.11 Å². The monoisotopic (exact) mass is 566 g/mol. The number of aromatic nitrogens is 2. The second-order valence-corrected chi connectivity index (χ2v) is 12.0. The summed E-state index contributed by atoms with van der Waals surface area (Å²) in [6, 6.07) is 17.7. The second-order valence-electron chi connectivity index (χ2n) is 12.0. The van der Waals surface area contributed by atoms with Gasteiger partial charge in [-0.25, -0.2) is 0 Å². The summed E-state index contributed by atoms with van der Waals surface area (Å²) in [5.74, 6) is 2.86. The van der Waals surface area contributed by atoms with Crippen LogP contribution in [0.1, 0.15) is 78.5 Å². The number of amides is 1. The van der Waals surface area contributed by atoms with Gasteiger partial charge >= 0.3 is 0 Å². The summed E-state index contributed by atoms with van der Waals surface area (Å²) < 4.78 is 11.0. The first-order valence-corrected chi connectivity index (χ1v) is 15.5. The number of carbonyl (C=O) groups is 1. The van der Waals surface area contributed by atoms with Gasteiger partial charge in [-0.1, -0.05) is 59.3 Å². The predicted octanol–water partition coefficient (Wildman–Crippen LogP) is 6.44. The number of allylic oxidation sites excluding steroid dienone is 4. The van der Waals surface area contributed by atoms with Crippen molar-refractivity contribution in [1.29, 1.82) is 0 Å². The first kappa shape index (κ1) is 28.4. The van der Waals surface area contributed by atoms with Crippen LogP contribution in [-0.2, 0) is 6.42 Å². The maximum atomic E-state index is 13.1. The van der Waals surface area contributed by atoms with Gasteiger partial charge in [0.15, 0.2) is 5.82 Å². The number of likely N-dealkylation sites (tertiary alicyclic amines) is 2. The number of hydrogen-bond acceptors (Lipinski definition) is 6. The second kappa shape index (κ2) is 13.1. The molecular formula is C35H42N4O3. The molecule has 7 heteroatoms. The molecule has 0 N–H and O–H groups in total. The number of piperidine rings is 2. The van der Waals surface area contributed by atoms with E-state index < -0.39 is 0 Å². The molecule has 2 saturated heterocycles. The Morgan fingerprint density at radius 1 is 1.02 bits per heavy atom. The highest BCUT2D eigenvalue weighted by Gasteiger charge is 2.39. The van der Waals surface area contributed by atoms with Crippen LogP contribution in [0.5, 0.6) is 5.75 Å². The Bertz CT molecular complexity index is 1380. The van der Waals surface area contributed by atoms with E-state index in [0.717, 1.165) is 106 Å². The van der Waals surface area contributed by atoms with Crippen molar-refractivity contribution in [1.82, 2.24) is 19.9 Å². The maximum absolute atomic E-state index is 13.1. The van der Waals surface area contributed by atoms with Crippen molar-refractivity contribution in [2.75, 3.05) is 39.8 Å². The maximum Gasteiger partial charge on any atom is 0.253 e. The van der Waals surface area contributed by atoms with E-state index in [0.29, 0.717) is 12.3 Å². The average Bonchev–Trinajstić information content (AvgIpc) is 3.53. The summed E-state index contributed by atoms with van der Waals surface area (Å²) >= 11 is 0. The summed E-state index contributed by atoms with van der Waals surface area (Å²) in [5.41, 5.74) is 3.70. The van der Waals surface area contributed by atoms with E-state index in [-0.39, 0.29) is 11.3 Å². The van der Waals surface area contributed by atoms with Gasteiger partial charge in [-0.05, 0) is 99.8 Å². The lowest BCUT2D eigenvalue weighted by atomic mass is 9.67. The molecule has 2 aliphatic heterocycles. The minimum atomic E-state index is 0.164. The quantitative estimate of drug-likeness (QED) is 0.297. The lowest BCUT2D eigenvalue weighted by Crippen LogP contribution is -2.46. The summed E-state index contributed by atoms with van der Waals surface area (Å²) in [5, 5.41) is 4.27. The van der Waals surface area contributed by atoms with Crippen molar-refractivity contribution >= 4 is 5.91 Å². The van der Waals surface area contributed by atoms with Gasteiger partial charge in [0, 0.05) is 31.0 Å². The number of carbonyl (C=O) groups excluding carboxylic acids is 1. The van der Waals surface area contributed by atoms with Gasteiger partial charge in [-0.3, -0.25) is 4.79 Å². The van der Waals surface area contributed by atoms with E-state index in [1.165, 1.54) is 0 Å². The molecule has 0 bridgehead atoms. The number of hydrogen-bond donors (Lipinski definition) is 0. The summed E-state index contributed by atoms with van der Waals surface area (Å²) in [4.78, 5) is 22.6. The topological polar surface area (TPSA) is 71.7 Å². The molecule has 3 aliphatic rings. The van der Waals surface area contributed by atoms with Gasteiger partial charge < -0.3 is 19.1 Å². The van der Waals surface area contributed by atoms with E-state index in [9.17, 15) is 4.79 Å². The fourth-order valence-corrected chi connectivity index (χ4v) is 6.88. The molecular weight excluding hydrogens is 524 g/mol. The molecule has 6 rings (SSSR count). The minimum absolute atomic E-state index is 0.164. The predicted molar refractivity (Wildman–Crippen MR) is 164 cm³/mol. The van der Waals surface area contributed by atoms with Crippen LogP contribution >= 0.6 is 0 Å². The van der Waals surface area contributed by atoms with Crippen LogP contribution in [0.3, 0.4) is 0 Å². The SMILES string of the molecule is COc1ccc(Cc2noc(C3CCN(CCC4(C5=CC=CCC5)CCN(C(=O)c5ccccc5)CC4)CC3)n2)cc1. The third-order valence-corrected chi connectivity index (χ3v) is 9.57. The molecule has 2 fully saturated rings. The molecule has 42 heavy (non-hydrogen) atoms. The van der Waals surface area contributed by atoms with Crippen molar-refractivity contribution in [3.8, 4) is 5.75 Å². The third kappa shape index (κ3) is 6.51. The first-order chi connectivity index (χ1) is 20.6. The highest BCUT2D eigenvalue weighted by atomic mass is 16.5. The molecule has 0 spiro atoms. The minimum Gasteiger partial charge on any atom is -0.497 e. The van der Waals surface area contributed by atoms with Crippen molar-refractivity contribution < 1.29 is 14.1 Å². The number of rotatable bonds is 9. The summed E-state index contributed by atoms with van der Waals surface area (Å²) in [7, 11) is 1.68. The Morgan fingerprint density at radius 3 is 2.48 bits per heavy atom. The summed E-state index contributed by atoms with van der Waals surface area (Å²) in [6.45, 7) is 4.84. The average molecular weight is 567 g/mol. The van der Waals surface area contributed by atoms with Crippen molar-refractivity contribution in [3.05, 3.63) is 101 Å². The molecule has 220 valence electrons. The summed E-state index contributed by atoms with van der Waals surface area (Å²) in [6.07, 6.45) is 15.1. The fourth-order valence-electron chi connectivity index (χ4n) is 6.88. The molecule has 0 unspecified atom stereocenters. The van der Waals surface area contributed by atoms with Gasteiger partial charge in [0.1, 0.15) is 5.75 Å². The lowest BCUT2D eigenvalue weighted by molar-refractivity contribution is 0.0585. The first-order valence-electron chi connectivity index (χ1n) is 15.5. The van der Waals surface area contributed by atoms with Crippen molar-refractivity contribution in [3.63, 3.8) is 0 Å². The van der Waals surface area contributed by atoms with Crippen molar-refractivity contribution in [2.24, 2.45) is 5.41 Å². The normalized spacial score (nSPS) is 19.5. The zero-order valence-electron chi connectivity index (χ0n) is 24.7. The van der Waals surface area contributed by atoms with Crippen molar-refractivity contribution in [2.45, 2.75) is 57.3 Å². The molecule has 3 heterocycles. The van der Waals surface area contributed by atoms with Crippen LogP contribution in [0.2, 0.25) is 0 Å². The van der Waals surface area contributed by atoms with E-state index >= 15 is 0 Å². The Balaban J connectivity index is 1.03. The number of benzene rings is 2. The molecule has 1 amide bonds. The standard InChI is InChI=1S/C35H42N4O3/c1-41-31-14-12-27(13-15-31)26-32-36-33(42-37-32)28-16-21-38(22-17-28)23-18-35(30-10-6-3-7-11-30)19-24-39(25-20-35)34(40)29-8-4-2-5-9-29/h2-6,8-10,12-15,28H,7,11,16-26H2,1H3. The number of methoxy groups -OCH3 is 1. The molecule has 0 saturated carbocycles. The van der Waals surface area contributed by atoms with E-state index in [1.807, 2.05) is 54.6 Å². The van der Waals surface area contributed by atoms with Gasteiger partial charge in [0.25, 0.3) is 5.91 Å². The van der Waals surface area contributed by atoms with Gasteiger partial charge in [-0.2, -0.15) is 4.98 Å². The molecule has 1 aromatic heterocycles. The highest BCUT2D eigenvalue weighted by molar-refractivity contribution is 5.94. The molecule has 0 atom stereocenters. The van der Waals surface area contributed by atoms with Crippen LogP contribution < -0.4 is 4.74 Å². The highest BCUT2D eigenvalue weighted by Crippen LogP contribution is 2.45. The zero-order chi connectivity index (χ0) is 28.8. The van der Waals surface area contributed by atoms with E-state index in [1.54, 1.807) is 12.7 Å². The fraction of sp³-hybridized carbons (Fsp3) is 0.457. The van der Waals surface area contributed by atoms with Crippen LogP contribution in [0.25, 0.3) is 0 Å². The Hall–Kier alpha value is -3.71. The van der Waals surface area contributed by atoms with E-state index in [4.69, 9.17) is 14.2 Å². The molecule has 3 aromatic rings. The number of nitrogens with zero attached hydrogens (tertiary/aromatic N) is 4. The van der Waals surface area contributed by atoms with Crippen LogP contribution in [0, 0.1) is 5.41 Å². The van der Waals surface area contributed by atoms with Gasteiger partial charge in [-0.15, -0.1) is 0 Å². The Kier molecular flexibility index (Phi) is 8.84. The largest absolute Gasteiger partial charge is 0.497 e. The van der Waals surface area contributed by atoms with Crippen LogP contribution in [0.4, 0.5) is 0 Å². The molecule has 1 aliphatic carbocycles. The zero-order valence-corrected chi connectivity index (χ0v) is 24.7. The number of ether oxygens (including phenoxy) is 1. The molecule has 7 nitrogen and oxygen atoms in total. The third-order valence-electron chi connectivity index (χ3n) is 9.57.